The third-order valence-electron chi connectivity index (χ3n) is 3.97. The first-order valence-electron chi connectivity index (χ1n) is 8.14. The SMILES string of the molecule is CCc1cc(-c2nnc(SCC(=O)Nc3cccc(Cl)c3C)n2C)cs1. The van der Waals surface area contributed by atoms with E-state index in [0.29, 0.717) is 10.2 Å². The monoisotopic (exact) mass is 406 g/mol. The molecular formula is C18H19ClN4OS2. The molecule has 0 spiro atoms. The van der Waals surface area contributed by atoms with Crippen LogP contribution in [0.4, 0.5) is 5.69 Å². The lowest BCUT2D eigenvalue weighted by Crippen LogP contribution is -2.15. The smallest absolute Gasteiger partial charge is 0.234 e. The van der Waals surface area contributed by atoms with E-state index in [4.69, 9.17) is 11.6 Å². The Labute approximate surface area is 165 Å². The minimum absolute atomic E-state index is 0.103. The predicted molar refractivity (Wildman–Crippen MR) is 109 cm³/mol. The standard InChI is InChI=1S/C18H19ClN4OS2/c1-4-13-8-12(9-25-13)17-21-22-18(23(17)3)26-10-16(24)20-15-7-5-6-14(19)11(15)2/h5-9H,4,10H2,1-3H3,(H,20,24). The molecule has 5 nitrogen and oxygen atoms in total. The first kappa shape index (κ1) is 18.9. The lowest BCUT2D eigenvalue weighted by molar-refractivity contribution is -0.113. The number of carbonyl (C=O) groups is 1. The average molecular weight is 407 g/mol. The van der Waals surface area contributed by atoms with Crippen LogP contribution in [0, 0.1) is 6.92 Å². The van der Waals surface area contributed by atoms with Crippen LogP contribution in [0.25, 0.3) is 11.4 Å². The molecule has 0 aliphatic carbocycles. The second-order valence-corrected chi connectivity index (χ2v) is 8.12. The molecule has 8 heteroatoms. The Kier molecular flexibility index (Phi) is 6.01. The van der Waals surface area contributed by atoms with Gasteiger partial charge >= 0.3 is 0 Å². The number of amides is 1. The van der Waals surface area contributed by atoms with E-state index in [2.05, 4.69) is 33.9 Å². The molecule has 136 valence electrons. The fourth-order valence-corrected chi connectivity index (χ4v) is 4.13. The molecule has 0 radical (unpaired) electrons. The molecule has 0 fully saturated rings. The van der Waals surface area contributed by atoms with Crippen molar-refractivity contribution in [1.29, 1.82) is 0 Å². The van der Waals surface area contributed by atoms with Crippen molar-refractivity contribution in [2.75, 3.05) is 11.1 Å². The summed E-state index contributed by atoms with van der Waals surface area (Å²) >= 11 is 9.17. The van der Waals surface area contributed by atoms with Crippen molar-refractivity contribution in [3.63, 3.8) is 0 Å². The molecule has 0 bridgehead atoms. The number of nitrogens with zero attached hydrogens (tertiary/aromatic N) is 3. The number of hydrogen-bond acceptors (Lipinski definition) is 5. The van der Waals surface area contributed by atoms with Crippen molar-refractivity contribution in [2.24, 2.45) is 7.05 Å². The predicted octanol–water partition coefficient (Wildman–Crippen LogP) is 4.80. The van der Waals surface area contributed by atoms with Gasteiger partial charge in [0, 0.05) is 33.6 Å². The fraction of sp³-hybridized carbons (Fsp3) is 0.278. The summed E-state index contributed by atoms with van der Waals surface area (Å²) in [5.74, 6) is 0.963. The number of benzene rings is 1. The van der Waals surface area contributed by atoms with Crippen LogP contribution in [-0.4, -0.2) is 26.4 Å². The van der Waals surface area contributed by atoms with Gasteiger partial charge in [0.1, 0.15) is 0 Å². The molecule has 2 aromatic heterocycles. The van der Waals surface area contributed by atoms with Gasteiger partial charge in [0.25, 0.3) is 0 Å². The highest BCUT2D eigenvalue weighted by Gasteiger charge is 2.14. The normalized spacial score (nSPS) is 10.9. The van der Waals surface area contributed by atoms with Crippen molar-refractivity contribution >= 4 is 46.3 Å². The molecule has 0 aliphatic heterocycles. The van der Waals surface area contributed by atoms with Crippen LogP contribution in [0.2, 0.25) is 5.02 Å². The van der Waals surface area contributed by atoms with E-state index in [1.807, 2.05) is 30.7 Å². The van der Waals surface area contributed by atoms with Crippen LogP contribution >= 0.6 is 34.7 Å². The van der Waals surface area contributed by atoms with Crippen LogP contribution in [0.1, 0.15) is 17.4 Å². The third kappa shape index (κ3) is 4.11. The van der Waals surface area contributed by atoms with Crippen LogP contribution in [0.3, 0.4) is 0 Å². The third-order valence-corrected chi connectivity index (χ3v) is 6.48. The summed E-state index contributed by atoms with van der Waals surface area (Å²) in [6.07, 6.45) is 1.01. The van der Waals surface area contributed by atoms with Gasteiger partial charge < -0.3 is 9.88 Å². The first-order chi connectivity index (χ1) is 12.5. The number of nitrogens with one attached hydrogen (secondary N) is 1. The zero-order chi connectivity index (χ0) is 18.7. The van der Waals surface area contributed by atoms with Crippen molar-refractivity contribution in [3.05, 3.63) is 45.1 Å². The van der Waals surface area contributed by atoms with Gasteiger partial charge in [-0.25, -0.2) is 0 Å². The molecule has 0 aliphatic rings. The number of hydrogen-bond donors (Lipinski definition) is 1. The maximum absolute atomic E-state index is 12.2. The Morgan fingerprint density at radius 3 is 2.92 bits per heavy atom. The van der Waals surface area contributed by atoms with Crippen LogP contribution in [0.15, 0.2) is 34.8 Å². The lowest BCUT2D eigenvalue weighted by atomic mass is 10.2. The maximum atomic E-state index is 12.2. The molecular weight excluding hydrogens is 388 g/mol. The summed E-state index contributed by atoms with van der Waals surface area (Å²) in [7, 11) is 1.92. The largest absolute Gasteiger partial charge is 0.325 e. The summed E-state index contributed by atoms with van der Waals surface area (Å²) < 4.78 is 1.92. The van der Waals surface area contributed by atoms with Crippen molar-refractivity contribution in [3.8, 4) is 11.4 Å². The van der Waals surface area contributed by atoms with Gasteiger partial charge in [0.05, 0.1) is 5.75 Å². The highest BCUT2D eigenvalue weighted by molar-refractivity contribution is 7.99. The van der Waals surface area contributed by atoms with Gasteiger partial charge in [-0.2, -0.15) is 0 Å². The fourth-order valence-electron chi connectivity index (χ4n) is 2.43. The number of carbonyl (C=O) groups excluding carboxylic acids is 1. The van der Waals surface area contributed by atoms with E-state index in [1.165, 1.54) is 16.6 Å². The Balaban J connectivity index is 1.65. The molecule has 1 amide bonds. The summed E-state index contributed by atoms with van der Waals surface area (Å²) in [6, 6.07) is 7.60. The number of aryl methyl sites for hydroxylation is 1. The number of anilines is 1. The van der Waals surface area contributed by atoms with Crippen molar-refractivity contribution in [2.45, 2.75) is 25.4 Å². The van der Waals surface area contributed by atoms with Crippen molar-refractivity contribution in [1.82, 2.24) is 14.8 Å². The zero-order valence-electron chi connectivity index (χ0n) is 14.7. The van der Waals surface area contributed by atoms with E-state index in [0.717, 1.165) is 29.1 Å². The quantitative estimate of drug-likeness (QED) is 0.597. The molecule has 2 heterocycles. The minimum atomic E-state index is -0.103. The molecule has 0 unspecified atom stereocenters. The number of aromatic nitrogens is 3. The van der Waals surface area contributed by atoms with Gasteiger partial charge in [-0.1, -0.05) is 36.4 Å². The topological polar surface area (TPSA) is 59.8 Å². The Hall–Kier alpha value is -1.83. The summed E-state index contributed by atoms with van der Waals surface area (Å²) in [5, 5.41) is 14.8. The Morgan fingerprint density at radius 2 is 2.19 bits per heavy atom. The molecule has 0 saturated heterocycles. The van der Waals surface area contributed by atoms with E-state index in [1.54, 1.807) is 17.4 Å². The van der Waals surface area contributed by atoms with Crippen LogP contribution < -0.4 is 5.32 Å². The second kappa shape index (κ2) is 8.24. The van der Waals surface area contributed by atoms with Gasteiger partial charge in [0.15, 0.2) is 11.0 Å². The molecule has 1 aromatic carbocycles. The highest BCUT2D eigenvalue weighted by atomic mass is 35.5. The van der Waals surface area contributed by atoms with E-state index < -0.39 is 0 Å². The van der Waals surface area contributed by atoms with Crippen LogP contribution in [-0.2, 0) is 18.3 Å². The average Bonchev–Trinajstić information content (AvgIpc) is 3.23. The number of halogens is 1. The number of rotatable bonds is 6. The van der Waals surface area contributed by atoms with Gasteiger partial charge in [-0.15, -0.1) is 21.5 Å². The van der Waals surface area contributed by atoms with E-state index >= 15 is 0 Å². The lowest BCUT2D eigenvalue weighted by Gasteiger charge is -2.09. The minimum Gasteiger partial charge on any atom is -0.325 e. The molecule has 1 N–H and O–H groups in total. The zero-order valence-corrected chi connectivity index (χ0v) is 17.1. The van der Waals surface area contributed by atoms with E-state index in [-0.39, 0.29) is 11.7 Å². The van der Waals surface area contributed by atoms with Crippen molar-refractivity contribution < 1.29 is 4.79 Å². The van der Waals surface area contributed by atoms with E-state index in [9.17, 15) is 4.79 Å². The maximum Gasteiger partial charge on any atom is 0.234 e. The summed E-state index contributed by atoms with van der Waals surface area (Å²) in [4.78, 5) is 13.6. The number of thioether (sulfide) groups is 1. The van der Waals surface area contributed by atoms with Gasteiger partial charge in [-0.3, -0.25) is 4.79 Å². The summed E-state index contributed by atoms with van der Waals surface area (Å²) in [6.45, 7) is 4.01. The summed E-state index contributed by atoms with van der Waals surface area (Å²) in [5.41, 5.74) is 2.65. The van der Waals surface area contributed by atoms with Gasteiger partial charge in [-0.05, 0) is 37.1 Å². The Morgan fingerprint density at radius 1 is 1.38 bits per heavy atom. The highest BCUT2D eigenvalue weighted by Crippen LogP contribution is 2.27. The molecule has 26 heavy (non-hydrogen) atoms. The second-order valence-electron chi connectivity index (χ2n) is 5.77. The molecule has 0 atom stereocenters. The number of thiophene rings is 1. The molecule has 0 saturated carbocycles. The first-order valence-corrected chi connectivity index (χ1v) is 10.4. The van der Waals surface area contributed by atoms with Crippen LogP contribution in [0.5, 0.6) is 0 Å². The molecule has 3 rings (SSSR count). The van der Waals surface area contributed by atoms with Gasteiger partial charge in [0.2, 0.25) is 5.91 Å². The Bertz CT molecular complexity index is 935. The molecule has 3 aromatic rings.